The largest absolute Gasteiger partial charge is 0.508 e. The third kappa shape index (κ3) is 5.44. The molecule has 4 amide bonds. The molecule has 9 nitrogen and oxygen atoms in total. The molecule has 3 aromatic carbocycles. The zero-order chi connectivity index (χ0) is 27.5. The number of rotatable bonds is 6. The van der Waals surface area contributed by atoms with Gasteiger partial charge in [-0.05, 0) is 35.7 Å². The Bertz CT molecular complexity index is 1320. The molecule has 5 rings (SSSR count). The first-order chi connectivity index (χ1) is 18.8. The number of likely N-dealkylation sites (N-methyl/N-ethyl adjacent to an activating group) is 1. The summed E-state index contributed by atoms with van der Waals surface area (Å²) in [5, 5.41) is 15.9. The van der Waals surface area contributed by atoms with Crippen molar-refractivity contribution < 1.29 is 19.5 Å². The van der Waals surface area contributed by atoms with E-state index in [0.717, 1.165) is 16.7 Å². The van der Waals surface area contributed by atoms with E-state index in [-0.39, 0.29) is 49.1 Å². The van der Waals surface area contributed by atoms with Crippen molar-refractivity contribution in [1.82, 2.24) is 25.1 Å². The molecule has 0 aromatic heterocycles. The summed E-state index contributed by atoms with van der Waals surface area (Å²) in [6.45, 7) is 2.46. The lowest BCUT2D eigenvalue weighted by Crippen LogP contribution is -2.76. The van der Waals surface area contributed by atoms with Crippen LogP contribution in [-0.4, -0.2) is 75.1 Å². The Morgan fingerprint density at radius 3 is 2.26 bits per heavy atom. The van der Waals surface area contributed by atoms with Gasteiger partial charge in [-0.1, -0.05) is 72.8 Å². The van der Waals surface area contributed by atoms with Gasteiger partial charge in [-0.2, -0.15) is 0 Å². The number of hydrazine groups is 1. The van der Waals surface area contributed by atoms with E-state index in [1.54, 1.807) is 51.1 Å². The van der Waals surface area contributed by atoms with E-state index in [1.807, 2.05) is 67.6 Å². The lowest BCUT2D eigenvalue weighted by Gasteiger charge is -2.55. The minimum Gasteiger partial charge on any atom is -0.508 e. The highest BCUT2D eigenvalue weighted by atomic mass is 16.3. The van der Waals surface area contributed by atoms with E-state index >= 15 is 0 Å². The quantitative estimate of drug-likeness (QED) is 0.514. The van der Waals surface area contributed by atoms with Crippen LogP contribution in [0.4, 0.5) is 4.79 Å². The number of aromatic hydroxyl groups is 1. The number of urea groups is 1. The Hall–Kier alpha value is -4.37. The monoisotopic (exact) mass is 527 g/mol. The number of nitrogens with one attached hydrogen (secondary N) is 1. The lowest BCUT2D eigenvalue weighted by molar-refractivity contribution is -0.189. The second-order valence-corrected chi connectivity index (χ2v) is 10.0. The Morgan fingerprint density at radius 2 is 1.59 bits per heavy atom. The maximum absolute atomic E-state index is 14.0. The van der Waals surface area contributed by atoms with Crippen molar-refractivity contribution in [1.29, 1.82) is 0 Å². The van der Waals surface area contributed by atoms with Gasteiger partial charge in [0.05, 0.1) is 19.1 Å². The molecule has 0 spiro atoms. The van der Waals surface area contributed by atoms with Crippen LogP contribution in [0.1, 0.15) is 29.7 Å². The van der Waals surface area contributed by atoms with Gasteiger partial charge >= 0.3 is 6.03 Å². The van der Waals surface area contributed by atoms with Gasteiger partial charge in [-0.15, -0.1) is 0 Å². The highest BCUT2D eigenvalue weighted by Crippen LogP contribution is 2.32. The summed E-state index contributed by atoms with van der Waals surface area (Å²) < 4.78 is 0. The Balaban J connectivity index is 1.48. The normalized spacial score (nSPS) is 20.5. The number of phenols is 1. The van der Waals surface area contributed by atoms with Crippen LogP contribution in [0.25, 0.3) is 0 Å². The third-order valence-corrected chi connectivity index (χ3v) is 7.50. The Kier molecular flexibility index (Phi) is 7.51. The predicted octanol–water partition coefficient (Wildman–Crippen LogP) is 3.13. The minimum absolute atomic E-state index is 0.0249. The van der Waals surface area contributed by atoms with Crippen LogP contribution in [0.2, 0.25) is 0 Å². The van der Waals surface area contributed by atoms with Gasteiger partial charge in [-0.25, -0.2) is 14.8 Å². The smallest absolute Gasteiger partial charge is 0.334 e. The second-order valence-electron chi connectivity index (χ2n) is 10.0. The first-order valence-electron chi connectivity index (χ1n) is 13.1. The molecule has 39 heavy (non-hydrogen) atoms. The number of amides is 4. The number of nitrogens with zero attached hydrogens (tertiary/aromatic N) is 4. The molecule has 2 fully saturated rings. The van der Waals surface area contributed by atoms with Crippen LogP contribution in [0.5, 0.6) is 5.75 Å². The topological polar surface area (TPSA) is 96.4 Å². The fourth-order valence-corrected chi connectivity index (χ4v) is 5.43. The van der Waals surface area contributed by atoms with Crippen molar-refractivity contribution in [2.75, 3.05) is 20.1 Å². The van der Waals surface area contributed by atoms with Crippen molar-refractivity contribution in [2.45, 2.75) is 38.1 Å². The van der Waals surface area contributed by atoms with Gasteiger partial charge < -0.3 is 20.2 Å². The van der Waals surface area contributed by atoms with Gasteiger partial charge in [0.15, 0.2) is 0 Å². The standard InChI is InChI=1S/C30H33N5O4/c1-21(24-11-7-4-8-12-24)33-19-27-34(26(29(33)38)17-22-13-15-25(36)16-14-22)28(37)20-32(2)35(27)30(39)31-18-23-9-5-3-6-10-23/h3-16,21,26-27,36H,17-20H2,1-2H3,(H,31,39)/t21-,26+,27+/m1/s1. The van der Waals surface area contributed by atoms with Gasteiger partial charge in [0.2, 0.25) is 11.8 Å². The molecule has 0 radical (unpaired) electrons. The fourth-order valence-electron chi connectivity index (χ4n) is 5.43. The van der Waals surface area contributed by atoms with Crippen LogP contribution < -0.4 is 5.32 Å². The summed E-state index contributed by atoms with van der Waals surface area (Å²) in [4.78, 5) is 44.4. The number of benzene rings is 3. The van der Waals surface area contributed by atoms with E-state index in [2.05, 4.69) is 5.32 Å². The average molecular weight is 528 g/mol. The van der Waals surface area contributed by atoms with Gasteiger partial charge in [0.1, 0.15) is 18.0 Å². The molecular weight excluding hydrogens is 494 g/mol. The summed E-state index contributed by atoms with van der Waals surface area (Å²) >= 11 is 0. The molecule has 2 N–H and O–H groups in total. The van der Waals surface area contributed by atoms with Crippen molar-refractivity contribution in [3.8, 4) is 5.75 Å². The molecule has 0 saturated carbocycles. The molecule has 2 aliphatic rings. The summed E-state index contributed by atoms with van der Waals surface area (Å²) in [6.07, 6.45) is -0.416. The Labute approximate surface area is 228 Å². The molecule has 0 unspecified atom stereocenters. The molecule has 2 heterocycles. The summed E-state index contributed by atoms with van der Waals surface area (Å²) in [7, 11) is 1.72. The number of piperazine rings is 1. The number of carbonyl (C=O) groups excluding carboxylic acids is 3. The van der Waals surface area contributed by atoms with Gasteiger partial charge in [-0.3, -0.25) is 9.59 Å². The summed E-state index contributed by atoms with van der Waals surface area (Å²) in [6, 6.07) is 24.6. The average Bonchev–Trinajstić information content (AvgIpc) is 2.95. The number of carbonyl (C=O) groups is 3. The molecule has 9 heteroatoms. The first kappa shape index (κ1) is 26.2. The van der Waals surface area contributed by atoms with Crippen LogP contribution in [0.3, 0.4) is 0 Å². The maximum Gasteiger partial charge on any atom is 0.334 e. The molecular formula is C30H33N5O4. The predicted molar refractivity (Wildman–Crippen MR) is 146 cm³/mol. The SMILES string of the molecule is C[C@H](c1ccccc1)N1C[C@H]2N(C(=O)CN(C)N2C(=O)NCc2ccccc2)[C@@H](Cc2ccc(O)cc2)C1=O. The minimum atomic E-state index is -0.801. The molecule has 0 bridgehead atoms. The molecule has 3 aromatic rings. The lowest BCUT2D eigenvalue weighted by atomic mass is 9.96. The summed E-state index contributed by atoms with van der Waals surface area (Å²) in [5.74, 6) is -0.250. The van der Waals surface area contributed by atoms with Crippen LogP contribution in [-0.2, 0) is 22.6 Å². The van der Waals surface area contributed by atoms with Crippen molar-refractivity contribution in [3.63, 3.8) is 0 Å². The molecule has 202 valence electrons. The molecule has 2 saturated heterocycles. The summed E-state index contributed by atoms with van der Waals surface area (Å²) in [5.41, 5.74) is 2.74. The van der Waals surface area contributed by atoms with Crippen LogP contribution in [0.15, 0.2) is 84.9 Å². The van der Waals surface area contributed by atoms with Crippen molar-refractivity contribution in [3.05, 3.63) is 102 Å². The van der Waals surface area contributed by atoms with Gasteiger partial charge in [0, 0.05) is 20.0 Å². The third-order valence-electron chi connectivity index (χ3n) is 7.50. The van der Waals surface area contributed by atoms with Crippen molar-refractivity contribution >= 4 is 17.8 Å². The van der Waals surface area contributed by atoms with Crippen LogP contribution in [0, 0.1) is 0 Å². The van der Waals surface area contributed by atoms with Gasteiger partial charge in [0.25, 0.3) is 0 Å². The fraction of sp³-hybridized carbons (Fsp3) is 0.300. The molecule has 2 aliphatic heterocycles. The number of fused-ring (bicyclic) bond motifs is 1. The van der Waals surface area contributed by atoms with E-state index in [9.17, 15) is 19.5 Å². The van der Waals surface area contributed by atoms with E-state index in [4.69, 9.17) is 0 Å². The molecule has 3 atom stereocenters. The van der Waals surface area contributed by atoms with E-state index < -0.39 is 12.2 Å². The molecule has 0 aliphatic carbocycles. The first-order valence-corrected chi connectivity index (χ1v) is 13.1. The zero-order valence-electron chi connectivity index (χ0n) is 22.1. The van der Waals surface area contributed by atoms with Crippen molar-refractivity contribution in [2.24, 2.45) is 0 Å². The van der Waals surface area contributed by atoms with E-state index in [1.165, 1.54) is 0 Å². The second kappa shape index (κ2) is 11.2. The highest BCUT2D eigenvalue weighted by molar-refractivity contribution is 5.92. The van der Waals surface area contributed by atoms with E-state index in [0.29, 0.717) is 6.54 Å². The highest BCUT2D eigenvalue weighted by Gasteiger charge is 2.51. The maximum atomic E-state index is 14.0. The zero-order valence-corrected chi connectivity index (χ0v) is 22.1. The number of phenolic OH excluding ortho intramolecular Hbond substituents is 1. The number of hydrogen-bond donors (Lipinski definition) is 2. The van der Waals surface area contributed by atoms with Crippen LogP contribution >= 0.6 is 0 Å². The number of hydrogen-bond acceptors (Lipinski definition) is 5. The Morgan fingerprint density at radius 1 is 0.949 bits per heavy atom.